The first-order valence-corrected chi connectivity index (χ1v) is 7.71. The maximum atomic E-state index is 12.2. The van der Waals surface area contributed by atoms with Crippen LogP contribution in [0, 0.1) is 11.8 Å². The normalized spacial score (nSPS) is 23.8. The lowest BCUT2D eigenvalue weighted by Crippen LogP contribution is -2.48. The first kappa shape index (κ1) is 14.4. The maximum Gasteiger partial charge on any atom is 0.326 e. The lowest BCUT2D eigenvalue weighted by atomic mass is 9.83. The van der Waals surface area contributed by atoms with Crippen LogP contribution in [0.25, 0.3) is 0 Å². The van der Waals surface area contributed by atoms with Crippen molar-refractivity contribution in [3.05, 3.63) is 0 Å². The minimum absolute atomic E-state index is 0.0299. The molecule has 19 heavy (non-hydrogen) atoms. The van der Waals surface area contributed by atoms with Gasteiger partial charge in [0.25, 0.3) is 0 Å². The van der Waals surface area contributed by atoms with E-state index in [0.29, 0.717) is 0 Å². The third-order valence-electron chi connectivity index (χ3n) is 4.66. The van der Waals surface area contributed by atoms with Crippen molar-refractivity contribution in [2.24, 2.45) is 11.8 Å². The number of rotatable bonds is 4. The zero-order chi connectivity index (χ0) is 13.7. The number of carboxylic acids is 1. The van der Waals surface area contributed by atoms with Crippen molar-refractivity contribution in [2.75, 3.05) is 0 Å². The third-order valence-corrected chi connectivity index (χ3v) is 4.66. The van der Waals surface area contributed by atoms with E-state index in [0.717, 1.165) is 51.4 Å². The van der Waals surface area contributed by atoms with Crippen molar-refractivity contribution in [3.63, 3.8) is 0 Å². The van der Waals surface area contributed by atoms with Gasteiger partial charge in [-0.25, -0.2) is 4.79 Å². The highest BCUT2D eigenvalue weighted by molar-refractivity contribution is 5.85. The monoisotopic (exact) mass is 267 g/mol. The van der Waals surface area contributed by atoms with Gasteiger partial charge in [-0.15, -0.1) is 0 Å². The number of carbonyl (C=O) groups is 2. The Morgan fingerprint density at radius 2 is 1.42 bits per heavy atom. The summed E-state index contributed by atoms with van der Waals surface area (Å²) >= 11 is 0. The molecule has 0 spiro atoms. The van der Waals surface area contributed by atoms with E-state index in [1.165, 1.54) is 12.8 Å². The molecule has 0 saturated heterocycles. The Balaban J connectivity index is 1.91. The molecule has 1 atom stereocenters. The summed E-state index contributed by atoms with van der Waals surface area (Å²) in [5.74, 6) is -0.730. The summed E-state index contributed by atoms with van der Waals surface area (Å²) in [6, 6.07) is -0.672. The summed E-state index contributed by atoms with van der Waals surface area (Å²) < 4.78 is 0. The summed E-state index contributed by atoms with van der Waals surface area (Å²) in [7, 11) is 0. The van der Waals surface area contributed by atoms with E-state index in [-0.39, 0.29) is 17.7 Å². The molecule has 4 nitrogen and oxygen atoms in total. The number of hydrogen-bond acceptors (Lipinski definition) is 2. The average molecular weight is 267 g/mol. The van der Waals surface area contributed by atoms with E-state index in [2.05, 4.69) is 5.32 Å². The smallest absolute Gasteiger partial charge is 0.326 e. The summed E-state index contributed by atoms with van der Waals surface area (Å²) in [6.07, 6.45) is 10.5. The Morgan fingerprint density at radius 3 is 1.95 bits per heavy atom. The molecule has 2 rings (SSSR count). The number of aliphatic carboxylic acids is 1. The summed E-state index contributed by atoms with van der Waals surface area (Å²) in [5.41, 5.74) is 0. The fourth-order valence-corrected chi connectivity index (χ4v) is 3.48. The molecule has 0 aromatic carbocycles. The van der Waals surface area contributed by atoms with Crippen LogP contribution >= 0.6 is 0 Å². The summed E-state index contributed by atoms with van der Waals surface area (Å²) in [4.78, 5) is 23.6. The molecule has 0 unspecified atom stereocenters. The largest absolute Gasteiger partial charge is 0.480 e. The molecule has 0 aromatic rings. The molecule has 0 heterocycles. The van der Waals surface area contributed by atoms with Crippen LogP contribution in [0.5, 0.6) is 0 Å². The summed E-state index contributed by atoms with van der Waals surface area (Å²) in [5, 5.41) is 12.2. The van der Waals surface area contributed by atoms with Crippen molar-refractivity contribution in [1.29, 1.82) is 0 Å². The van der Waals surface area contributed by atoms with Gasteiger partial charge in [-0.1, -0.05) is 38.5 Å². The van der Waals surface area contributed by atoms with Crippen molar-refractivity contribution in [1.82, 2.24) is 5.32 Å². The zero-order valence-electron chi connectivity index (χ0n) is 11.6. The van der Waals surface area contributed by atoms with Gasteiger partial charge in [0.05, 0.1) is 0 Å². The standard InChI is InChI=1S/C15H25NO3/c17-14(12-9-5-2-6-10-12)16-13(15(18)19)11-7-3-1-4-8-11/h11-13H,1-10H2,(H,16,17)(H,18,19)/t13-/m0/s1. The van der Waals surface area contributed by atoms with Crippen LogP contribution in [-0.2, 0) is 9.59 Å². The SMILES string of the molecule is O=C(N[C@H](C(=O)O)C1CCCCC1)C1CCCCC1. The van der Waals surface area contributed by atoms with Crippen LogP contribution in [0.4, 0.5) is 0 Å². The number of hydrogen-bond donors (Lipinski definition) is 2. The highest BCUT2D eigenvalue weighted by Crippen LogP contribution is 2.28. The number of carboxylic acid groups (broad SMARTS) is 1. The average Bonchev–Trinajstić information content (AvgIpc) is 2.46. The Morgan fingerprint density at radius 1 is 0.895 bits per heavy atom. The first-order valence-electron chi connectivity index (χ1n) is 7.71. The molecule has 2 aliphatic carbocycles. The van der Waals surface area contributed by atoms with E-state index >= 15 is 0 Å². The molecule has 4 heteroatoms. The molecule has 0 bridgehead atoms. The molecule has 108 valence electrons. The summed E-state index contributed by atoms with van der Waals surface area (Å²) in [6.45, 7) is 0. The molecule has 0 aromatic heterocycles. The van der Waals surface area contributed by atoms with Crippen LogP contribution < -0.4 is 5.32 Å². The van der Waals surface area contributed by atoms with E-state index in [9.17, 15) is 14.7 Å². The molecular formula is C15H25NO3. The van der Waals surface area contributed by atoms with E-state index in [1.54, 1.807) is 0 Å². The fraction of sp³-hybridized carbons (Fsp3) is 0.867. The van der Waals surface area contributed by atoms with Gasteiger partial charge in [0.1, 0.15) is 6.04 Å². The molecule has 2 aliphatic rings. The highest BCUT2D eigenvalue weighted by atomic mass is 16.4. The molecule has 2 N–H and O–H groups in total. The van der Waals surface area contributed by atoms with Gasteiger partial charge in [-0.2, -0.15) is 0 Å². The first-order chi connectivity index (χ1) is 9.18. The minimum atomic E-state index is -0.865. The zero-order valence-corrected chi connectivity index (χ0v) is 11.6. The predicted octanol–water partition coefficient (Wildman–Crippen LogP) is 2.72. The van der Waals surface area contributed by atoms with Crippen molar-refractivity contribution in [2.45, 2.75) is 70.3 Å². The molecular weight excluding hydrogens is 242 g/mol. The van der Waals surface area contributed by atoms with Gasteiger partial charge in [-0.05, 0) is 31.6 Å². The van der Waals surface area contributed by atoms with Gasteiger partial charge in [0.2, 0.25) is 5.91 Å². The Bertz CT molecular complexity index is 317. The molecule has 0 radical (unpaired) electrons. The van der Waals surface area contributed by atoms with E-state index in [1.807, 2.05) is 0 Å². The maximum absolute atomic E-state index is 12.2. The van der Waals surface area contributed by atoms with Crippen LogP contribution in [0.3, 0.4) is 0 Å². The van der Waals surface area contributed by atoms with Crippen LogP contribution in [0.15, 0.2) is 0 Å². The topological polar surface area (TPSA) is 66.4 Å². The number of amides is 1. The van der Waals surface area contributed by atoms with Gasteiger partial charge in [0, 0.05) is 5.92 Å². The second kappa shape index (κ2) is 6.92. The second-order valence-corrected chi connectivity index (χ2v) is 6.06. The Hall–Kier alpha value is -1.06. The predicted molar refractivity (Wildman–Crippen MR) is 72.7 cm³/mol. The van der Waals surface area contributed by atoms with Crippen LogP contribution in [0.1, 0.15) is 64.2 Å². The third kappa shape index (κ3) is 3.95. The highest BCUT2D eigenvalue weighted by Gasteiger charge is 2.32. The van der Waals surface area contributed by atoms with Crippen LogP contribution in [-0.4, -0.2) is 23.0 Å². The quantitative estimate of drug-likeness (QED) is 0.823. The fourth-order valence-electron chi connectivity index (χ4n) is 3.48. The second-order valence-electron chi connectivity index (χ2n) is 6.06. The lowest BCUT2D eigenvalue weighted by Gasteiger charge is -2.30. The van der Waals surface area contributed by atoms with E-state index in [4.69, 9.17) is 0 Å². The van der Waals surface area contributed by atoms with Crippen molar-refractivity contribution in [3.8, 4) is 0 Å². The van der Waals surface area contributed by atoms with Gasteiger partial charge in [-0.3, -0.25) is 4.79 Å². The minimum Gasteiger partial charge on any atom is -0.480 e. The number of nitrogens with one attached hydrogen (secondary N) is 1. The lowest BCUT2D eigenvalue weighted by molar-refractivity contribution is -0.144. The van der Waals surface area contributed by atoms with Crippen LogP contribution in [0.2, 0.25) is 0 Å². The molecule has 1 amide bonds. The van der Waals surface area contributed by atoms with Gasteiger partial charge in [0.15, 0.2) is 0 Å². The molecule has 2 saturated carbocycles. The number of carbonyl (C=O) groups excluding carboxylic acids is 1. The van der Waals surface area contributed by atoms with Gasteiger partial charge < -0.3 is 10.4 Å². The molecule has 2 fully saturated rings. The van der Waals surface area contributed by atoms with Gasteiger partial charge >= 0.3 is 5.97 Å². The van der Waals surface area contributed by atoms with Crippen molar-refractivity contribution < 1.29 is 14.7 Å². The Labute approximate surface area is 115 Å². The van der Waals surface area contributed by atoms with E-state index < -0.39 is 12.0 Å². The Kier molecular flexibility index (Phi) is 5.23. The van der Waals surface area contributed by atoms with Crippen molar-refractivity contribution >= 4 is 11.9 Å². The molecule has 0 aliphatic heterocycles.